The molecule has 2 heterocycles. The van der Waals surface area contributed by atoms with Crippen molar-refractivity contribution in [2.24, 2.45) is 4.99 Å². The first-order chi connectivity index (χ1) is 12.8. The summed E-state index contributed by atoms with van der Waals surface area (Å²) in [6, 6.07) is 13.1. The van der Waals surface area contributed by atoms with Crippen molar-refractivity contribution in [3.63, 3.8) is 0 Å². The number of nitrogens with zero attached hydrogens (tertiary/aromatic N) is 2. The molecule has 1 aliphatic rings. The molecule has 0 bridgehead atoms. The Labute approximate surface area is 160 Å². The number of hydrogen-bond donors (Lipinski definition) is 2. The van der Waals surface area contributed by atoms with Crippen molar-refractivity contribution in [3.8, 4) is 0 Å². The lowest BCUT2D eigenvalue weighted by Crippen LogP contribution is -2.36. The molecule has 0 unspecified atom stereocenters. The van der Waals surface area contributed by atoms with E-state index in [4.69, 9.17) is 4.99 Å². The lowest BCUT2D eigenvalue weighted by atomic mass is 10.2. The van der Waals surface area contributed by atoms with Gasteiger partial charge in [0.15, 0.2) is 5.96 Å². The molecule has 2 aromatic rings. The molecule has 5 heteroatoms. The first-order valence-electron chi connectivity index (χ1n) is 9.37. The van der Waals surface area contributed by atoms with Crippen LogP contribution in [0.2, 0.25) is 0 Å². The van der Waals surface area contributed by atoms with Gasteiger partial charge in [0.25, 0.3) is 0 Å². The third-order valence-electron chi connectivity index (χ3n) is 4.38. The average Bonchev–Trinajstić information content (AvgIpc) is 3.36. The number of thiophene rings is 1. The minimum absolute atomic E-state index is 0.679. The maximum Gasteiger partial charge on any atom is 0.191 e. The number of aryl methyl sites for hydroxylation is 1. The van der Waals surface area contributed by atoms with Gasteiger partial charge in [-0.2, -0.15) is 0 Å². The summed E-state index contributed by atoms with van der Waals surface area (Å²) >= 11 is 1.87. The number of benzene rings is 1. The van der Waals surface area contributed by atoms with Crippen LogP contribution in [0.25, 0.3) is 0 Å². The average molecular weight is 369 g/mol. The molecule has 0 aliphatic carbocycles. The maximum atomic E-state index is 4.73. The smallest absolute Gasteiger partial charge is 0.191 e. The van der Waals surface area contributed by atoms with Gasteiger partial charge in [-0.3, -0.25) is 0 Å². The lowest BCUT2D eigenvalue weighted by Gasteiger charge is -2.17. The van der Waals surface area contributed by atoms with E-state index in [1.165, 1.54) is 21.0 Å². The number of hydrogen-bond acceptors (Lipinski definition) is 3. The molecule has 3 rings (SSSR count). The molecule has 4 nitrogen and oxygen atoms in total. The molecule has 0 amide bonds. The Balaban J connectivity index is 1.55. The Hall–Kier alpha value is -2.27. The zero-order valence-corrected chi connectivity index (χ0v) is 16.5. The summed E-state index contributed by atoms with van der Waals surface area (Å²) in [6.07, 6.45) is 5.52. The zero-order valence-electron chi connectivity index (χ0n) is 15.7. The van der Waals surface area contributed by atoms with Crippen LogP contribution in [0.1, 0.15) is 29.2 Å². The second kappa shape index (κ2) is 9.43. The highest BCUT2D eigenvalue weighted by atomic mass is 32.1. The van der Waals surface area contributed by atoms with Crippen LogP contribution in [-0.4, -0.2) is 25.6 Å². The van der Waals surface area contributed by atoms with E-state index < -0.39 is 0 Å². The number of guanidine groups is 1. The molecular formula is C21H28N4S. The lowest BCUT2D eigenvalue weighted by molar-refractivity contribution is 0.823. The molecule has 0 fully saturated rings. The van der Waals surface area contributed by atoms with E-state index in [2.05, 4.69) is 77.9 Å². The third kappa shape index (κ3) is 5.11. The highest BCUT2D eigenvalue weighted by Crippen LogP contribution is 2.18. The van der Waals surface area contributed by atoms with Crippen LogP contribution in [0.3, 0.4) is 0 Å². The van der Waals surface area contributed by atoms with E-state index in [1.54, 1.807) is 0 Å². The Morgan fingerprint density at radius 3 is 2.38 bits per heavy atom. The first kappa shape index (κ1) is 18.5. The van der Waals surface area contributed by atoms with Crippen molar-refractivity contribution >= 4 is 23.0 Å². The van der Waals surface area contributed by atoms with Crippen molar-refractivity contribution in [1.29, 1.82) is 0 Å². The van der Waals surface area contributed by atoms with Crippen molar-refractivity contribution < 1.29 is 0 Å². The van der Waals surface area contributed by atoms with Gasteiger partial charge in [0.05, 0.1) is 13.1 Å². The van der Waals surface area contributed by atoms with Gasteiger partial charge in [0.1, 0.15) is 0 Å². The van der Waals surface area contributed by atoms with Crippen molar-refractivity contribution in [1.82, 2.24) is 10.6 Å². The van der Waals surface area contributed by atoms with Gasteiger partial charge in [-0.1, -0.05) is 31.2 Å². The Morgan fingerprint density at radius 2 is 1.73 bits per heavy atom. The fourth-order valence-electron chi connectivity index (χ4n) is 2.89. The minimum atomic E-state index is 0.679. The van der Waals surface area contributed by atoms with E-state index >= 15 is 0 Å². The fraction of sp³-hybridized carbons (Fsp3) is 0.381. The van der Waals surface area contributed by atoms with Crippen LogP contribution >= 0.6 is 11.3 Å². The Kier molecular flexibility index (Phi) is 6.72. The van der Waals surface area contributed by atoms with E-state index in [9.17, 15) is 0 Å². The summed E-state index contributed by atoms with van der Waals surface area (Å²) in [7, 11) is 0. The van der Waals surface area contributed by atoms with E-state index in [0.717, 1.165) is 38.6 Å². The van der Waals surface area contributed by atoms with Crippen LogP contribution in [0, 0.1) is 0 Å². The predicted octanol–water partition coefficient (Wildman–Crippen LogP) is 3.94. The molecule has 138 valence electrons. The van der Waals surface area contributed by atoms with Crippen LogP contribution in [0.15, 0.2) is 53.5 Å². The summed E-state index contributed by atoms with van der Waals surface area (Å²) in [6.45, 7) is 8.66. The SMILES string of the molecule is CCNC(=NCc1ccc(N2CC=CC2)cc1)NCc1ccc(CC)s1. The van der Waals surface area contributed by atoms with Gasteiger partial charge in [-0.05, 0) is 43.2 Å². The van der Waals surface area contributed by atoms with Crippen LogP contribution in [0.5, 0.6) is 0 Å². The fourth-order valence-corrected chi connectivity index (χ4v) is 3.79. The van der Waals surface area contributed by atoms with Crippen molar-refractivity contribution in [3.05, 3.63) is 63.9 Å². The molecule has 1 aromatic heterocycles. The zero-order chi connectivity index (χ0) is 18.2. The van der Waals surface area contributed by atoms with Gasteiger partial charge in [-0.15, -0.1) is 11.3 Å². The molecule has 0 radical (unpaired) electrons. The van der Waals surface area contributed by atoms with Crippen LogP contribution in [-0.2, 0) is 19.5 Å². The van der Waals surface area contributed by atoms with Gasteiger partial charge < -0.3 is 15.5 Å². The number of anilines is 1. The molecule has 1 aliphatic heterocycles. The maximum absolute atomic E-state index is 4.73. The second-order valence-electron chi connectivity index (χ2n) is 6.31. The molecule has 1 aromatic carbocycles. The summed E-state index contributed by atoms with van der Waals surface area (Å²) in [5.74, 6) is 0.867. The summed E-state index contributed by atoms with van der Waals surface area (Å²) in [5.41, 5.74) is 2.50. The first-order valence-corrected chi connectivity index (χ1v) is 10.2. The van der Waals surface area contributed by atoms with E-state index in [0.29, 0.717) is 6.54 Å². The van der Waals surface area contributed by atoms with Gasteiger partial charge in [0.2, 0.25) is 0 Å². The highest BCUT2D eigenvalue weighted by molar-refractivity contribution is 7.11. The van der Waals surface area contributed by atoms with E-state index in [-0.39, 0.29) is 0 Å². The van der Waals surface area contributed by atoms with Crippen LogP contribution < -0.4 is 15.5 Å². The monoisotopic (exact) mass is 368 g/mol. The summed E-state index contributed by atoms with van der Waals surface area (Å²) in [4.78, 5) is 9.85. The molecule has 0 atom stereocenters. The molecule has 2 N–H and O–H groups in total. The van der Waals surface area contributed by atoms with E-state index in [1.807, 2.05) is 11.3 Å². The topological polar surface area (TPSA) is 39.7 Å². The number of nitrogens with one attached hydrogen (secondary N) is 2. The molecule has 26 heavy (non-hydrogen) atoms. The van der Waals surface area contributed by atoms with Gasteiger partial charge >= 0.3 is 0 Å². The summed E-state index contributed by atoms with van der Waals surface area (Å²) in [5, 5.41) is 6.76. The molecule has 0 spiro atoms. The van der Waals surface area contributed by atoms with Crippen molar-refractivity contribution in [2.75, 3.05) is 24.5 Å². The molecular weight excluding hydrogens is 340 g/mol. The largest absolute Gasteiger partial charge is 0.364 e. The minimum Gasteiger partial charge on any atom is -0.364 e. The standard InChI is InChI=1S/C21H28N4S/c1-3-19-11-12-20(26-19)16-24-21(22-4-2)23-15-17-7-9-18(10-8-17)25-13-5-6-14-25/h5-12H,3-4,13-16H2,1-2H3,(H2,22,23,24). The highest BCUT2D eigenvalue weighted by Gasteiger charge is 2.07. The number of aliphatic imine (C=N–C) groups is 1. The van der Waals surface area contributed by atoms with Crippen molar-refractivity contribution in [2.45, 2.75) is 33.4 Å². The second-order valence-corrected chi connectivity index (χ2v) is 7.57. The molecule has 0 saturated heterocycles. The van der Waals surface area contributed by atoms with Crippen LogP contribution in [0.4, 0.5) is 5.69 Å². The van der Waals surface area contributed by atoms with Gasteiger partial charge in [-0.25, -0.2) is 4.99 Å². The Morgan fingerprint density at radius 1 is 1.00 bits per heavy atom. The summed E-state index contributed by atoms with van der Waals surface area (Å²) < 4.78 is 0. The number of rotatable bonds is 7. The normalized spacial score (nSPS) is 14.1. The third-order valence-corrected chi connectivity index (χ3v) is 5.61. The predicted molar refractivity (Wildman–Crippen MR) is 113 cm³/mol. The molecule has 0 saturated carbocycles. The Bertz CT molecular complexity index is 738. The quantitative estimate of drug-likeness (QED) is 0.442. The van der Waals surface area contributed by atoms with Gasteiger partial charge in [0, 0.05) is 35.1 Å².